The fourth-order valence-electron chi connectivity index (χ4n) is 2.38. The number of rotatable bonds is 4. The number of carbonyl (C=O) groups is 1. The largest absolute Gasteiger partial charge is 0.504 e. The van der Waals surface area contributed by atoms with Crippen molar-refractivity contribution in [3.63, 3.8) is 0 Å². The van der Waals surface area contributed by atoms with Gasteiger partial charge in [-0.15, -0.1) is 0 Å². The van der Waals surface area contributed by atoms with E-state index in [0.717, 1.165) is 12.8 Å². The molecule has 1 aromatic rings. The Labute approximate surface area is 123 Å². The first-order valence-electron chi connectivity index (χ1n) is 7.06. The van der Waals surface area contributed by atoms with Crippen LogP contribution in [0.25, 0.3) is 0 Å². The number of amides is 1. The lowest BCUT2D eigenvalue weighted by atomic mass is 9.92. The van der Waals surface area contributed by atoms with Crippen molar-refractivity contribution in [1.29, 1.82) is 0 Å². The molecule has 0 radical (unpaired) electrons. The molecular formula is C15H22N2O4. The molecule has 1 heterocycles. The van der Waals surface area contributed by atoms with Crippen molar-refractivity contribution in [2.75, 3.05) is 13.2 Å². The second-order valence-corrected chi connectivity index (χ2v) is 5.80. The molecule has 0 aromatic heterocycles. The number of phenols is 2. The molecule has 1 aliphatic rings. The first-order chi connectivity index (χ1) is 9.89. The van der Waals surface area contributed by atoms with Crippen molar-refractivity contribution in [2.24, 2.45) is 5.73 Å². The third-order valence-electron chi connectivity index (χ3n) is 3.85. The number of hydrogen-bond acceptors (Lipinski definition) is 5. The van der Waals surface area contributed by atoms with Crippen LogP contribution < -0.4 is 11.1 Å². The van der Waals surface area contributed by atoms with Gasteiger partial charge in [0.25, 0.3) is 0 Å². The Balaban J connectivity index is 1.94. The maximum absolute atomic E-state index is 12.2. The Kier molecular flexibility index (Phi) is 4.69. The Hall–Kier alpha value is -1.79. The molecule has 2 rings (SSSR count). The van der Waals surface area contributed by atoms with Gasteiger partial charge < -0.3 is 26.0 Å². The van der Waals surface area contributed by atoms with Gasteiger partial charge in [0.15, 0.2) is 11.5 Å². The summed E-state index contributed by atoms with van der Waals surface area (Å²) < 4.78 is 5.29. The maximum atomic E-state index is 12.2. The summed E-state index contributed by atoms with van der Waals surface area (Å²) in [5.41, 5.74) is 6.35. The second kappa shape index (κ2) is 6.32. The minimum atomic E-state index is -0.700. The molecule has 21 heavy (non-hydrogen) atoms. The molecule has 1 aliphatic heterocycles. The van der Waals surface area contributed by atoms with Crippen LogP contribution in [0.4, 0.5) is 0 Å². The van der Waals surface area contributed by atoms with E-state index in [1.807, 2.05) is 6.92 Å². The maximum Gasteiger partial charge on any atom is 0.237 e. The van der Waals surface area contributed by atoms with E-state index in [9.17, 15) is 15.0 Å². The molecule has 1 saturated heterocycles. The molecule has 5 N–H and O–H groups in total. The number of nitrogens with two attached hydrogens (primary N) is 1. The van der Waals surface area contributed by atoms with Gasteiger partial charge in [0.2, 0.25) is 5.91 Å². The van der Waals surface area contributed by atoms with Gasteiger partial charge in [-0.25, -0.2) is 0 Å². The molecule has 1 fully saturated rings. The minimum Gasteiger partial charge on any atom is -0.504 e. The van der Waals surface area contributed by atoms with Crippen molar-refractivity contribution in [3.8, 4) is 11.5 Å². The zero-order chi connectivity index (χ0) is 15.5. The molecule has 1 amide bonds. The molecule has 116 valence electrons. The molecule has 0 spiro atoms. The lowest BCUT2D eigenvalue weighted by Gasteiger charge is -2.35. The number of benzene rings is 1. The predicted molar refractivity (Wildman–Crippen MR) is 78.1 cm³/mol. The van der Waals surface area contributed by atoms with E-state index in [-0.39, 0.29) is 22.9 Å². The number of phenolic OH excluding ortho intramolecular Hbond substituents is 2. The molecule has 0 unspecified atom stereocenters. The van der Waals surface area contributed by atoms with E-state index in [1.165, 1.54) is 12.1 Å². The van der Waals surface area contributed by atoms with Gasteiger partial charge >= 0.3 is 0 Å². The van der Waals surface area contributed by atoms with E-state index in [4.69, 9.17) is 10.5 Å². The van der Waals surface area contributed by atoms with Gasteiger partial charge in [-0.3, -0.25) is 4.79 Å². The van der Waals surface area contributed by atoms with Crippen LogP contribution in [0, 0.1) is 0 Å². The zero-order valence-corrected chi connectivity index (χ0v) is 12.1. The van der Waals surface area contributed by atoms with Gasteiger partial charge in [0, 0.05) is 18.8 Å². The van der Waals surface area contributed by atoms with Gasteiger partial charge in [0.05, 0.1) is 6.04 Å². The minimum absolute atomic E-state index is 0.188. The summed E-state index contributed by atoms with van der Waals surface area (Å²) in [5.74, 6) is -0.616. The van der Waals surface area contributed by atoms with Crippen molar-refractivity contribution in [3.05, 3.63) is 23.8 Å². The summed E-state index contributed by atoms with van der Waals surface area (Å²) in [5, 5.41) is 21.7. The average molecular weight is 294 g/mol. The fraction of sp³-hybridized carbons (Fsp3) is 0.533. The summed E-state index contributed by atoms with van der Waals surface area (Å²) >= 11 is 0. The molecule has 1 atom stereocenters. The number of aromatic hydroxyl groups is 2. The van der Waals surface area contributed by atoms with Crippen molar-refractivity contribution in [2.45, 2.75) is 37.8 Å². The third-order valence-corrected chi connectivity index (χ3v) is 3.85. The summed E-state index contributed by atoms with van der Waals surface area (Å²) in [6, 6.07) is 3.74. The highest BCUT2D eigenvalue weighted by molar-refractivity contribution is 5.82. The Morgan fingerprint density at radius 2 is 2.05 bits per heavy atom. The predicted octanol–water partition coefficient (Wildman–Crippen LogP) is 0.653. The lowest BCUT2D eigenvalue weighted by molar-refractivity contribution is -0.125. The van der Waals surface area contributed by atoms with Crippen molar-refractivity contribution in [1.82, 2.24) is 5.32 Å². The van der Waals surface area contributed by atoms with Crippen LogP contribution in [0.5, 0.6) is 11.5 Å². The quantitative estimate of drug-likeness (QED) is 0.610. The molecule has 6 nitrogen and oxygen atoms in total. The summed E-state index contributed by atoms with van der Waals surface area (Å²) in [6.07, 6.45) is 1.84. The van der Waals surface area contributed by atoms with E-state index in [0.29, 0.717) is 25.2 Å². The smallest absolute Gasteiger partial charge is 0.237 e. The lowest BCUT2D eigenvalue weighted by Crippen LogP contribution is -2.54. The third kappa shape index (κ3) is 4.09. The first-order valence-corrected chi connectivity index (χ1v) is 7.06. The molecule has 0 bridgehead atoms. The summed E-state index contributed by atoms with van der Waals surface area (Å²) in [7, 11) is 0. The normalized spacial score (nSPS) is 19.0. The number of nitrogens with one attached hydrogen (secondary N) is 1. The first kappa shape index (κ1) is 15.6. The molecule has 0 aliphatic carbocycles. The van der Waals surface area contributed by atoms with Crippen LogP contribution in [-0.2, 0) is 16.0 Å². The van der Waals surface area contributed by atoms with Crippen LogP contribution in [0.3, 0.4) is 0 Å². The highest BCUT2D eigenvalue weighted by Gasteiger charge is 2.30. The topological polar surface area (TPSA) is 105 Å². The summed E-state index contributed by atoms with van der Waals surface area (Å²) in [6.45, 7) is 3.27. The second-order valence-electron chi connectivity index (χ2n) is 5.80. The van der Waals surface area contributed by atoms with E-state index >= 15 is 0 Å². The molecule has 1 aromatic carbocycles. The monoisotopic (exact) mass is 294 g/mol. The highest BCUT2D eigenvalue weighted by atomic mass is 16.5. The van der Waals surface area contributed by atoms with Crippen LogP contribution in [-0.4, -0.2) is 40.9 Å². The SMILES string of the molecule is CC1(NC(=O)[C@@H](N)Cc2ccc(O)c(O)c2)CCOCC1. The van der Waals surface area contributed by atoms with Crippen LogP contribution in [0.15, 0.2) is 18.2 Å². The van der Waals surface area contributed by atoms with Gasteiger partial charge in [-0.2, -0.15) is 0 Å². The van der Waals surface area contributed by atoms with Gasteiger partial charge in [-0.05, 0) is 43.9 Å². The van der Waals surface area contributed by atoms with E-state index in [2.05, 4.69) is 5.32 Å². The summed E-state index contributed by atoms with van der Waals surface area (Å²) in [4.78, 5) is 12.2. The fourth-order valence-corrected chi connectivity index (χ4v) is 2.38. The Morgan fingerprint density at radius 3 is 2.67 bits per heavy atom. The number of carbonyl (C=O) groups excluding carboxylic acids is 1. The Bertz CT molecular complexity index is 512. The van der Waals surface area contributed by atoms with Gasteiger partial charge in [0.1, 0.15) is 0 Å². The standard InChI is InChI=1S/C15H22N2O4/c1-15(4-6-21-7-5-15)17-14(20)11(16)8-10-2-3-12(18)13(19)9-10/h2-3,9,11,18-19H,4-8,16H2,1H3,(H,17,20)/t11-/m0/s1. The van der Waals surface area contributed by atoms with Crippen molar-refractivity contribution >= 4 is 5.91 Å². The van der Waals surface area contributed by atoms with Gasteiger partial charge in [-0.1, -0.05) is 6.07 Å². The molecule has 0 saturated carbocycles. The number of hydrogen-bond donors (Lipinski definition) is 4. The van der Waals surface area contributed by atoms with E-state index < -0.39 is 6.04 Å². The van der Waals surface area contributed by atoms with Crippen LogP contribution in [0.2, 0.25) is 0 Å². The van der Waals surface area contributed by atoms with E-state index in [1.54, 1.807) is 6.07 Å². The molecular weight excluding hydrogens is 272 g/mol. The van der Waals surface area contributed by atoms with Crippen LogP contribution >= 0.6 is 0 Å². The molecule has 6 heteroatoms. The number of ether oxygens (including phenoxy) is 1. The highest BCUT2D eigenvalue weighted by Crippen LogP contribution is 2.25. The zero-order valence-electron chi connectivity index (χ0n) is 12.1. The van der Waals surface area contributed by atoms with Crippen LogP contribution in [0.1, 0.15) is 25.3 Å². The Morgan fingerprint density at radius 1 is 1.38 bits per heavy atom. The average Bonchev–Trinajstić information content (AvgIpc) is 2.43. The van der Waals surface area contributed by atoms with Crippen molar-refractivity contribution < 1.29 is 19.7 Å².